The Labute approximate surface area is 170 Å². The van der Waals surface area contributed by atoms with Crippen LogP contribution in [0.15, 0.2) is 34.3 Å². The van der Waals surface area contributed by atoms with Crippen LogP contribution < -0.4 is 0 Å². The standard InChI is InChI=1S/C20H25N3O3S2/c1-14-15(2)21-20(22-16(14)3)27-13-19(24)17-7-9-18(10-8-17)28(25,26)23-11-5-4-6-12-23/h7-10H,4-6,11-13H2,1-3H3. The van der Waals surface area contributed by atoms with Crippen molar-refractivity contribution in [1.82, 2.24) is 14.3 Å². The Morgan fingerprint density at radius 3 is 2.14 bits per heavy atom. The Hall–Kier alpha value is -1.77. The number of Topliss-reactive ketones (excluding diaryl/α,β-unsaturated/α-hetero) is 1. The number of ketones is 1. The number of aromatic nitrogens is 2. The molecule has 0 unspecified atom stereocenters. The third-order valence-corrected chi connectivity index (χ3v) is 7.83. The molecule has 6 nitrogen and oxygen atoms in total. The van der Waals surface area contributed by atoms with Gasteiger partial charge in [0.1, 0.15) is 0 Å². The number of aryl methyl sites for hydroxylation is 2. The van der Waals surface area contributed by atoms with Crippen molar-refractivity contribution in [2.45, 2.75) is 50.1 Å². The number of benzene rings is 1. The van der Waals surface area contributed by atoms with Gasteiger partial charge in [-0.25, -0.2) is 18.4 Å². The molecule has 0 N–H and O–H groups in total. The highest BCUT2D eigenvalue weighted by Gasteiger charge is 2.25. The van der Waals surface area contributed by atoms with Gasteiger partial charge >= 0.3 is 0 Å². The van der Waals surface area contributed by atoms with Gasteiger partial charge in [0.05, 0.1) is 10.6 Å². The number of hydrogen-bond acceptors (Lipinski definition) is 6. The van der Waals surface area contributed by atoms with Gasteiger partial charge in [0, 0.05) is 30.0 Å². The van der Waals surface area contributed by atoms with Crippen molar-refractivity contribution in [2.24, 2.45) is 0 Å². The van der Waals surface area contributed by atoms with E-state index >= 15 is 0 Å². The second-order valence-corrected chi connectivity index (χ2v) is 9.88. The zero-order valence-corrected chi connectivity index (χ0v) is 18.1. The highest BCUT2D eigenvalue weighted by atomic mass is 32.2. The summed E-state index contributed by atoms with van der Waals surface area (Å²) in [5.41, 5.74) is 3.37. The largest absolute Gasteiger partial charge is 0.293 e. The number of carbonyl (C=O) groups is 1. The minimum atomic E-state index is -3.48. The molecule has 2 heterocycles. The molecule has 0 aliphatic carbocycles. The van der Waals surface area contributed by atoms with Crippen LogP contribution in [0.3, 0.4) is 0 Å². The first-order chi connectivity index (χ1) is 13.3. The Morgan fingerprint density at radius 2 is 1.57 bits per heavy atom. The number of sulfonamides is 1. The van der Waals surface area contributed by atoms with Crippen LogP contribution in [0, 0.1) is 20.8 Å². The first-order valence-electron chi connectivity index (χ1n) is 9.37. The predicted molar refractivity (Wildman–Crippen MR) is 110 cm³/mol. The maximum atomic E-state index is 12.7. The number of thioether (sulfide) groups is 1. The molecule has 1 aromatic carbocycles. The predicted octanol–water partition coefficient (Wildman–Crippen LogP) is 3.55. The van der Waals surface area contributed by atoms with Gasteiger partial charge in [0.15, 0.2) is 10.9 Å². The lowest BCUT2D eigenvalue weighted by Crippen LogP contribution is -2.35. The molecule has 0 saturated carbocycles. The normalized spacial score (nSPS) is 15.5. The van der Waals surface area contributed by atoms with Crippen LogP contribution >= 0.6 is 11.8 Å². The van der Waals surface area contributed by atoms with Gasteiger partial charge < -0.3 is 0 Å². The SMILES string of the molecule is Cc1nc(SCC(=O)c2ccc(S(=O)(=O)N3CCCCC3)cc2)nc(C)c1C. The van der Waals surface area contributed by atoms with Crippen LogP contribution in [0.5, 0.6) is 0 Å². The molecule has 1 saturated heterocycles. The van der Waals surface area contributed by atoms with Gasteiger partial charge in [-0.1, -0.05) is 30.3 Å². The molecular formula is C20H25N3O3S2. The van der Waals surface area contributed by atoms with Crippen molar-refractivity contribution >= 4 is 27.6 Å². The summed E-state index contributed by atoms with van der Waals surface area (Å²) in [5, 5.41) is 0.582. The summed E-state index contributed by atoms with van der Waals surface area (Å²) in [6.45, 7) is 6.96. The topological polar surface area (TPSA) is 80.2 Å². The molecule has 1 aliphatic heterocycles. The van der Waals surface area contributed by atoms with E-state index < -0.39 is 10.0 Å². The van der Waals surface area contributed by atoms with E-state index in [2.05, 4.69) is 9.97 Å². The van der Waals surface area contributed by atoms with Crippen molar-refractivity contribution in [2.75, 3.05) is 18.8 Å². The zero-order chi connectivity index (χ0) is 20.3. The molecule has 8 heteroatoms. The fourth-order valence-electron chi connectivity index (χ4n) is 3.09. The summed E-state index contributed by atoms with van der Waals surface area (Å²) >= 11 is 1.29. The van der Waals surface area contributed by atoms with E-state index in [4.69, 9.17) is 0 Å². The molecule has 1 fully saturated rings. The lowest BCUT2D eigenvalue weighted by atomic mass is 10.1. The number of nitrogens with zero attached hydrogens (tertiary/aromatic N) is 3. The maximum absolute atomic E-state index is 12.7. The van der Waals surface area contributed by atoms with Crippen molar-refractivity contribution in [3.8, 4) is 0 Å². The van der Waals surface area contributed by atoms with E-state index in [1.165, 1.54) is 28.2 Å². The van der Waals surface area contributed by atoms with E-state index in [1.807, 2.05) is 20.8 Å². The van der Waals surface area contributed by atoms with Gasteiger partial charge in [-0.3, -0.25) is 4.79 Å². The Balaban J connectivity index is 1.67. The van der Waals surface area contributed by atoms with Gasteiger partial charge in [0.25, 0.3) is 0 Å². The molecule has 2 aromatic rings. The number of piperidine rings is 1. The molecule has 1 aliphatic rings. The summed E-state index contributed by atoms with van der Waals surface area (Å²) in [5.74, 6) is 0.131. The van der Waals surface area contributed by atoms with Crippen LogP contribution in [0.2, 0.25) is 0 Å². The highest BCUT2D eigenvalue weighted by molar-refractivity contribution is 7.99. The number of hydrogen-bond donors (Lipinski definition) is 0. The quantitative estimate of drug-likeness (QED) is 0.405. The molecular weight excluding hydrogens is 394 g/mol. The molecule has 0 bridgehead atoms. The van der Waals surface area contributed by atoms with Crippen molar-refractivity contribution in [1.29, 1.82) is 0 Å². The van der Waals surface area contributed by atoms with Gasteiger partial charge in [-0.05, 0) is 51.3 Å². The van der Waals surface area contributed by atoms with E-state index in [9.17, 15) is 13.2 Å². The third kappa shape index (κ3) is 4.61. The van der Waals surface area contributed by atoms with Crippen molar-refractivity contribution in [3.63, 3.8) is 0 Å². The van der Waals surface area contributed by atoms with Gasteiger partial charge in [-0.15, -0.1) is 0 Å². The average Bonchev–Trinajstić information content (AvgIpc) is 2.70. The lowest BCUT2D eigenvalue weighted by molar-refractivity contribution is 0.102. The molecule has 3 rings (SSSR count). The monoisotopic (exact) mass is 419 g/mol. The third-order valence-electron chi connectivity index (χ3n) is 5.07. The summed E-state index contributed by atoms with van der Waals surface area (Å²) < 4.78 is 26.9. The minimum Gasteiger partial charge on any atom is -0.293 e. The highest BCUT2D eigenvalue weighted by Crippen LogP contribution is 2.22. The first-order valence-corrected chi connectivity index (χ1v) is 11.8. The zero-order valence-electron chi connectivity index (χ0n) is 16.4. The molecule has 0 radical (unpaired) electrons. The van der Waals surface area contributed by atoms with E-state index in [0.717, 1.165) is 36.2 Å². The summed E-state index contributed by atoms with van der Waals surface area (Å²) in [6, 6.07) is 6.23. The van der Waals surface area contributed by atoms with Crippen LogP contribution in [-0.2, 0) is 10.0 Å². The van der Waals surface area contributed by atoms with E-state index in [-0.39, 0.29) is 16.4 Å². The second-order valence-electron chi connectivity index (χ2n) is 7.00. The first kappa shape index (κ1) is 21.0. The average molecular weight is 420 g/mol. The Kier molecular flexibility index (Phi) is 6.52. The van der Waals surface area contributed by atoms with Crippen molar-refractivity contribution in [3.05, 3.63) is 46.8 Å². The van der Waals surface area contributed by atoms with E-state index in [1.54, 1.807) is 12.1 Å². The molecule has 0 spiro atoms. The minimum absolute atomic E-state index is 0.0774. The summed E-state index contributed by atoms with van der Waals surface area (Å²) in [7, 11) is -3.48. The summed E-state index contributed by atoms with van der Waals surface area (Å²) in [6.07, 6.45) is 2.86. The van der Waals surface area contributed by atoms with Crippen LogP contribution in [-0.4, -0.2) is 47.3 Å². The lowest BCUT2D eigenvalue weighted by Gasteiger charge is -2.25. The molecule has 1 aromatic heterocycles. The Morgan fingerprint density at radius 1 is 1.00 bits per heavy atom. The van der Waals surface area contributed by atoms with Gasteiger partial charge in [-0.2, -0.15) is 4.31 Å². The van der Waals surface area contributed by atoms with Gasteiger partial charge in [0.2, 0.25) is 10.0 Å². The van der Waals surface area contributed by atoms with Crippen LogP contribution in [0.4, 0.5) is 0 Å². The fraction of sp³-hybridized carbons (Fsp3) is 0.450. The smallest absolute Gasteiger partial charge is 0.243 e. The maximum Gasteiger partial charge on any atom is 0.243 e. The van der Waals surface area contributed by atoms with E-state index in [0.29, 0.717) is 23.8 Å². The van der Waals surface area contributed by atoms with Crippen molar-refractivity contribution < 1.29 is 13.2 Å². The van der Waals surface area contributed by atoms with Crippen LogP contribution in [0.25, 0.3) is 0 Å². The number of rotatable bonds is 6. The molecule has 0 amide bonds. The molecule has 0 atom stereocenters. The van der Waals surface area contributed by atoms with Crippen LogP contribution in [0.1, 0.15) is 46.6 Å². The summed E-state index contributed by atoms with van der Waals surface area (Å²) in [4.78, 5) is 21.5. The fourth-order valence-corrected chi connectivity index (χ4v) is 5.43. The molecule has 150 valence electrons. The second kappa shape index (κ2) is 8.71. The molecule has 28 heavy (non-hydrogen) atoms. The Bertz CT molecular complexity index is 944. The number of carbonyl (C=O) groups excluding carboxylic acids is 1.